The molecule has 1 amide bonds. The van der Waals surface area contributed by atoms with E-state index in [4.69, 9.17) is 4.74 Å². The van der Waals surface area contributed by atoms with E-state index in [0.717, 1.165) is 6.07 Å². The van der Waals surface area contributed by atoms with Gasteiger partial charge in [-0.25, -0.2) is 0 Å². The van der Waals surface area contributed by atoms with Crippen molar-refractivity contribution in [2.75, 3.05) is 19.7 Å². The van der Waals surface area contributed by atoms with Gasteiger partial charge in [0.05, 0.1) is 16.5 Å². The predicted octanol–water partition coefficient (Wildman–Crippen LogP) is 4.04. The molecule has 0 unspecified atom stereocenters. The van der Waals surface area contributed by atoms with Crippen LogP contribution in [0.1, 0.15) is 35.7 Å². The van der Waals surface area contributed by atoms with Crippen molar-refractivity contribution in [1.82, 2.24) is 14.9 Å². The zero-order valence-electron chi connectivity index (χ0n) is 17.4. The Labute approximate surface area is 182 Å². The van der Waals surface area contributed by atoms with Crippen LogP contribution >= 0.6 is 0 Å². The fourth-order valence-corrected chi connectivity index (χ4v) is 4.05. The van der Waals surface area contributed by atoms with Crippen LogP contribution in [0.3, 0.4) is 0 Å². The van der Waals surface area contributed by atoms with Crippen LogP contribution in [-0.2, 0) is 11.0 Å². The van der Waals surface area contributed by atoms with Crippen molar-refractivity contribution in [1.29, 1.82) is 0 Å². The van der Waals surface area contributed by atoms with Crippen LogP contribution in [0.4, 0.5) is 13.2 Å². The number of fused-ring (bicyclic) bond motifs is 1. The van der Waals surface area contributed by atoms with Gasteiger partial charge in [0.25, 0.3) is 11.5 Å². The molecule has 32 heavy (non-hydrogen) atoms. The minimum absolute atomic E-state index is 0.0332. The van der Waals surface area contributed by atoms with E-state index in [9.17, 15) is 22.8 Å². The number of aromatic amines is 1. The number of para-hydroxylation sites is 1. The van der Waals surface area contributed by atoms with E-state index in [0.29, 0.717) is 37.4 Å². The Hall–Kier alpha value is -3.36. The molecule has 4 rings (SSSR count). The largest absolute Gasteiger partial charge is 0.484 e. The number of amides is 1. The van der Waals surface area contributed by atoms with Crippen molar-refractivity contribution in [3.63, 3.8) is 0 Å². The van der Waals surface area contributed by atoms with Crippen LogP contribution in [0.2, 0.25) is 0 Å². The van der Waals surface area contributed by atoms with Crippen molar-refractivity contribution < 1.29 is 22.7 Å². The number of alkyl halides is 3. The molecule has 168 valence electrons. The fourth-order valence-electron chi connectivity index (χ4n) is 4.05. The number of H-pyrrole nitrogens is 1. The standard InChI is InChI=1S/C23H22F3N3O3/c1-14-11-17(23(24,25)26)21-19(27-14)12-18(28-22(21)31)15-7-9-29(10-8-15)20(30)13-32-16-5-3-2-4-6-16/h2-6,11-12,15H,7-10,13H2,1H3,(H,28,31). The number of rotatable bonds is 4. The zero-order chi connectivity index (χ0) is 22.9. The number of aromatic nitrogens is 2. The number of nitrogens with zero attached hydrogens (tertiary/aromatic N) is 2. The average Bonchev–Trinajstić information content (AvgIpc) is 2.76. The number of benzene rings is 1. The molecular formula is C23H22F3N3O3. The number of halogens is 3. The molecule has 0 bridgehead atoms. The summed E-state index contributed by atoms with van der Waals surface area (Å²) >= 11 is 0. The predicted molar refractivity (Wildman–Crippen MR) is 113 cm³/mol. The highest BCUT2D eigenvalue weighted by Crippen LogP contribution is 2.34. The molecule has 9 heteroatoms. The molecule has 0 aliphatic carbocycles. The van der Waals surface area contributed by atoms with Crippen molar-refractivity contribution >= 4 is 16.8 Å². The van der Waals surface area contributed by atoms with E-state index in [1.807, 2.05) is 18.2 Å². The quantitative estimate of drug-likeness (QED) is 0.658. The van der Waals surface area contributed by atoms with Crippen LogP contribution in [-0.4, -0.2) is 40.5 Å². The van der Waals surface area contributed by atoms with Crippen molar-refractivity contribution in [3.05, 3.63) is 69.8 Å². The third-order valence-corrected chi connectivity index (χ3v) is 5.65. The minimum Gasteiger partial charge on any atom is -0.484 e. The lowest BCUT2D eigenvalue weighted by Crippen LogP contribution is -2.40. The smallest absolute Gasteiger partial charge is 0.417 e. The minimum atomic E-state index is -4.64. The molecule has 6 nitrogen and oxygen atoms in total. The highest BCUT2D eigenvalue weighted by molar-refractivity contribution is 5.82. The zero-order valence-corrected chi connectivity index (χ0v) is 17.4. The lowest BCUT2D eigenvalue weighted by Gasteiger charge is -2.32. The summed E-state index contributed by atoms with van der Waals surface area (Å²) in [5, 5.41) is -0.447. The van der Waals surface area contributed by atoms with Gasteiger partial charge in [-0.3, -0.25) is 14.6 Å². The number of hydrogen-bond acceptors (Lipinski definition) is 4. The Bertz CT molecular complexity index is 1180. The maximum absolute atomic E-state index is 13.4. The number of pyridine rings is 2. The Kier molecular flexibility index (Phi) is 5.90. The Morgan fingerprint density at radius 2 is 1.88 bits per heavy atom. The number of ether oxygens (including phenoxy) is 1. The lowest BCUT2D eigenvalue weighted by atomic mass is 9.92. The number of aryl methyl sites for hydroxylation is 1. The normalized spacial score (nSPS) is 15.2. The summed E-state index contributed by atoms with van der Waals surface area (Å²) < 4.78 is 45.7. The highest BCUT2D eigenvalue weighted by atomic mass is 19.4. The van der Waals surface area contributed by atoms with Crippen LogP contribution in [0.5, 0.6) is 5.75 Å². The third kappa shape index (κ3) is 4.61. The van der Waals surface area contributed by atoms with Gasteiger partial charge in [-0.15, -0.1) is 0 Å². The summed E-state index contributed by atoms with van der Waals surface area (Å²) in [6.45, 7) is 2.34. The van der Waals surface area contributed by atoms with Gasteiger partial charge in [0.2, 0.25) is 0 Å². The first kappa shape index (κ1) is 21.9. The topological polar surface area (TPSA) is 75.3 Å². The summed E-state index contributed by atoms with van der Waals surface area (Å²) in [5.74, 6) is 0.403. The second-order valence-corrected chi connectivity index (χ2v) is 7.88. The Balaban J connectivity index is 1.47. The molecule has 0 spiro atoms. The lowest BCUT2D eigenvalue weighted by molar-refractivity contribution is -0.136. The molecule has 1 aliphatic rings. The van der Waals surface area contributed by atoms with E-state index in [-0.39, 0.29) is 29.6 Å². The van der Waals surface area contributed by atoms with E-state index in [1.54, 1.807) is 17.0 Å². The Morgan fingerprint density at radius 1 is 1.19 bits per heavy atom. The SMILES string of the molecule is Cc1cc(C(F)(F)F)c2c(=O)[nH]c(C3CCN(C(=O)COc4ccccc4)CC3)cc2n1. The highest BCUT2D eigenvalue weighted by Gasteiger charge is 2.35. The first-order valence-electron chi connectivity index (χ1n) is 10.3. The van der Waals surface area contributed by atoms with Crippen LogP contribution < -0.4 is 10.3 Å². The van der Waals surface area contributed by atoms with Gasteiger partial charge in [0.15, 0.2) is 6.61 Å². The van der Waals surface area contributed by atoms with Crippen molar-refractivity contribution in [3.8, 4) is 5.75 Å². The van der Waals surface area contributed by atoms with E-state index in [1.165, 1.54) is 13.0 Å². The summed E-state index contributed by atoms with van der Waals surface area (Å²) in [4.78, 5) is 33.5. The summed E-state index contributed by atoms with van der Waals surface area (Å²) in [6.07, 6.45) is -3.49. The third-order valence-electron chi connectivity index (χ3n) is 5.65. The van der Waals surface area contributed by atoms with Gasteiger partial charge in [0.1, 0.15) is 5.75 Å². The number of likely N-dealkylation sites (tertiary alicyclic amines) is 1. The van der Waals surface area contributed by atoms with Crippen LogP contribution in [0, 0.1) is 6.92 Å². The molecule has 3 aromatic rings. The van der Waals surface area contributed by atoms with E-state index >= 15 is 0 Å². The van der Waals surface area contributed by atoms with Crippen molar-refractivity contribution in [2.45, 2.75) is 31.9 Å². The van der Waals surface area contributed by atoms with Gasteiger partial charge in [-0.2, -0.15) is 13.2 Å². The van der Waals surface area contributed by atoms with Gasteiger partial charge in [-0.05, 0) is 44.0 Å². The summed E-state index contributed by atoms with van der Waals surface area (Å²) in [6, 6.07) is 11.5. The number of piperidine rings is 1. The molecule has 0 saturated carbocycles. The molecule has 1 aliphatic heterocycles. The maximum atomic E-state index is 13.4. The fraction of sp³-hybridized carbons (Fsp3) is 0.348. The van der Waals surface area contributed by atoms with Crippen molar-refractivity contribution in [2.24, 2.45) is 0 Å². The van der Waals surface area contributed by atoms with Gasteiger partial charge in [-0.1, -0.05) is 18.2 Å². The summed E-state index contributed by atoms with van der Waals surface area (Å²) in [7, 11) is 0. The van der Waals surface area contributed by atoms with Gasteiger partial charge >= 0.3 is 6.18 Å². The molecule has 1 aromatic carbocycles. The van der Waals surface area contributed by atoms with Gasteiger partial charge < -0.3 is 14.6 Å². The molecule has 1 N–H and O–H groups in total. The molecule has 0 atom stereocenters. The summed E-state index contributed by atoms with van der Waals surface area (Å²) in [5.41, 5.74) is -1.01. The van der Waals surface area contributed by atoms with Crippen LogP contribution in [0.15, 0.2) is 47.3 Å². The number of carbonyl (C=O) groups is 1. The van der Waals surface area contributed by atoms with Crippen LogP contribution in [0.25, 0.3) is 10.9 Å². The first-order valence-corrected chi connectivity index (χ1v) is 10.3. The molecule has 3 heterocycles. The average molecular weight is 445 g/mol. The Morgan fingerprint density at radius 3 is 2.53 bits per heavy atom. The molecule has 2 aromatic heterocycles. The number of carbonyl (C=O) groups excluding carboxylic acids is 1. The van der Waals surface area contributed by atoms with Gasteiger partial charge in [0, 0.05) is 30.4 Å². The van der Waals surface area contributed by atoms with E-state index in [2.05, 4.69) is 9.97 Å². The maximum Gasteiger partial charge on any atom is 0.417 e. The monoisotopic (exact) mass is 445 g/mol. The molecule has 0 radical (unpaired) electrons. The molecule has 1 saturated heterocycles. The second-order valence-electron chi connectivity index (χ2n) is 7.88. The van der Waals surface area contributed by atoms with E-state index < -0.39 is 22.7 Å². The molecular weight excluding hydrogens is 423 g/mol. The molecule has 1 fully saturated rings. The number of hydrogen-bond donors (Lipinski definition) is 1. The number of nitrogens with one attached hydrogen (secondary N) is 1. The first-order chi connectivity index (χ1) is 15.2. The second kappa shape index (κ2) is 8.64.